The molecule has 0 unspecified atom stereocenters. The molecule has 0 saturated carbocycles. The van der Waals surface area contributed by atoms with Crippen molar-refractivity contribution in [2.75, 3.05) is 0 Å². The zero-order valence-corrected chi connectivity index (χ0v) is 8.60. The second-order valence-electron chi connectivity index (χ2n) is 3.53. The molecule has 1 rings (SSSR count). The molecule has 14 heavy (non-hydrogen) atoms. The van der Waals surface area contributed by atoms with Crippen LogP contribution in [0.2, 0.25) is 0 Å². The zero-order valence-electron chi connectivity index (χ0n) is 8.60. The lowest BCUT2D eigenvalue weighted by Gasteiger charge is -2.00. The molecule has 0 aliphatic carbocycles. The van der Waals surface area contributed by atoms with Gasteiger partial charge in [-0.2, -0.15) is 0 Å². The Kier molecular flexibility index (Phi) is 3.16. The van der Waals surface area contributed by atoms with E-state index in [1.165, 1.54) is 4.68 Å². The van der Waals surface area contributed by atoms with Crippen molar-refractivity contribution in [3.05, 3.63) is 15.8 Å². The van der Waals surface area contributed by atoms with Crippen molar-refractivity contribution in [2.45, 2.75) is 33.7 Å². The van der Waals surface area contributed by atoms with Crippen molar-refractivity contribution < 1.29 is 4.92 Å². The molecule has 0 amide bonds. The van der Waals surface area contributed by atoms with Crippen LogP contribution in [-0.2, 0) is 13.0 Å². The van der Waals surface area contributed by atoms with Crippen LogP contribution < -0.4 is 0 Å². The average molecular weight is 198 g/mol. The summed E-state index contributed by atoms with van der Waals surface area (Å²) in [5.74, 6) is 0.372. The molecule has 1 aromatic heterocycles. The zero-order chi connectivity index (χ0) is 10.7. The summed E-state index contributed by atoms with van der Waals surface area (Å²) in [6, 6.07) is 0. The molecule has 0 radical (unpaired) electrons. The summed E-state index contributed by atoms with van der Waals surface area (Å²) in [5, 5.41) is 18.3. The van der Waals surface area contributed by atoms with Crippen molar-refractivity contribution in [3.63, 3.8) is 0 Å². The molecule has 0 aromatic carbocycles. The van der Waals surface area contributed by atoms with Crippen molar-refractivity contribution >= 4 is 5.82 Å². The summed E-state index contributed by atoms with van der Waals surface area (Å²) >= 11 is 0. The van der Waals surface area contributed by atoms with Gasteiger partial charge in [0.05, 0.1) is 0 Å². The lowest BCUT2D eigenvalue weighted by Crippen LogP contribution is -2.05. The summed E-state index contributed by atoms with van der Waals surface area (Å²) < 4.78 is 1.32. The maximum Gasteiger partial charge on any atom is 0.368 e. The Bertz CT molecular complexity index is 332. The highest BCUT2D eigenvalue weighted by Gasteiger charge is 2.22. The minimum absolute atomic E-state index is 0.0289. The molecular formula is C8H14N4O2. The Labute approximate surface area is 82.1 Å². The molecule has 0 bridgehead atoms. The smallest absolute Gasteiger partial charge is 0.358 e. The van der Waals surface area contributed by atoms with E-state index in [0.29, 0.717) is 24.6 Å². The van der Waals surface area contributed by atoms with Crippen LogP contribution in [-0.4, -0.2) is 19.9 Å². The third-order valence-electron chi connectivity index (χ3n) is 1.85. The highest BCUT2D eigenvalue weighted by molar-refractivity contribution is 5.25. The van der Waals surface area contributed by atoms with Crippen LogP contribution in [0.4, 0.5) is 5.82 Å². The molecule has 1 heterocycles. The Morgan fingerprint density at radius 1 is 1.57 bits per heavy atom. The maximum atomic E-state index is 10.7. The quantitative estimate of drug-likeness (QED) is 0.541. The van der Waals surface area contributed by atoms with Crippen LogP contribution in [0.15, 0.2) is 0 Å². The molecule has 1 aromatic rings. The number of aromatic nitrogens is 3. The van der Waals surface area contributed by atoms with Crippen molar-refractivity contribution in [3.8, 4) is 0 Å². The second kappa shape index (κ2) is 4.17. The lowest BCUT2D eigenvalue weighted by molar-refractivity contribution is -0.393. The summed E-state index contributed by atoms with van der Waals surface area (Å²) in [4.78, 5) is 10.3. The van der Waals surface area contributed by atoms with Crippen LogP contribution in [0.5, 0.6) is 0 Å². The van der Waals surface area contributed by atoms with E-state index in [1.54, 1.807) is 6.92 Å². The van der Waals surface area contributed by atoms with Crippen LogP contribution >= 0.6 is 0 Å². The molecule has 6 heteroatoms. The number of nitrogens with zero attached hydrogens (tertiary/aromatic N) is 4. The van der Waals surface area contributed by atoms with Crippen molar-refractivity contribution in [2.24, 2.45) is 5.92 Å². The van der Waals surface area contributed by atoms with E-state index in [1.807, 2.05) is 13.8 Å². The predicted octanol–water partition coefficient (Wildman–Crippen LogP) is 1.40. The Balaban J connectivity index is 3.04. The van der Waals surface area contributed by atoms with Gasteiger partial charge in [0.15, 0.2) is 5.69 Å². The number of rotatable bonds is 4. The highest BCUT2D eigenvalue weighted by atomic mass is 16.6. The molecule has 6 nitrogen and oxygen atoms in total. The predicted molar refractivity (Wildman–Crippen MR) is 50.9 cm³/mol. The number of nitro groups is 1. The first-order chi connectivity index (χ1) is 6.56. The minimum Gasteiger partial charge on any atom is -0.358 e. The molecule has 0 spiro atoms. The van der Waals surface area contributed by atoms with Gasteiger partial charge in [0.25, 0.3) is 0 Å². The Morgan fingerprint density at radius 2 is 2.21 bits per heavy atom. The second-order valence-corrected chi connectivity index (χ2v) is 3.53. The fraction of sp³-hybridized carbons (Fsp3) is 0.750. The van der Waals surface area contributed by atoms with E-state index in [0.717, 1.165) is 0 Å². The van der Waals surface area contributed by atoms with Crippen LogP contribution in [0.25, 0.3) is 0 Å². The van der Waals surface area contributed by atoms with E-state index in [9.17, 15) is 10.1 Å². The van der Waals surface area contributed by atoms with Crippen LogP contribution in [0, 0.1) is 16.0 Å². The number of hydrogen-bond acceptors (Lipinski definition) is 4. The maximum absolute atomic E-state index is 10.7. The topological polar surface area (TPSA) is 73.8 Å². The van der Waals surface area contributed by atoms with Gasteiger partial charge in [-0.15, -0.1) is 9.78 Å². The minimum atomic E-state index is -0.415. The Hall–Kier alpha value is -1.46. The first-order valence-corrected chi connectivity index (χ1v) is 4.63. The third-order valence-corrected chi connectivity index (χ3v) is 1.85. The van der Waals surface area contributed by atoms with Gasteiger partial charge in [-0.25, -0.2) is 0 Å². The molecule has 0 saturated heterocycles. The fourth-order valence-electron chi connectivity index (χ4n) is 1.28. The van der Waals surface area contributed by atoms with Crippen molar-refractivity contribution in [1.29, 1.82) is 0 Å². The van der Waals surface area contributed by atoms with E-state index in [-0.39, 0.29) is 5.82 Å². The van der Waals surface area contributed by atoms with Gasteiger partial charge in [-0.3, -0.25) is 0 Å². The Morgan fingerprint density at radius 3 is 2.64 bits per heavy atom. The van der Waals surface area contributed by atoms with Crippen LogP contribution in [0.1, 0.15) is 26.5 Å². The fourth-order valence-corrected chi connectivity index (χ4v) is 1.28. The van der Waals surface area contributed by atoms with E-state index >= 15 is 0 Å². The molecule has 78 valence electrons. The summed E-state index contributed by atoms with van der Waals surface area (Å²) in [6.07, 6.45) is 0.594. The van der Waals surface area contributed by atoms with Gasteiger partial charge in [-0.05, 0) is 17.8 Å². The molecule has 0 N–H and O–H groups in total. The largest absolute Gasteiger partial charge is 0.368 e. The monoisotopic (exact) mass is 198 g/mol. The molecular weight excluding hydrogens is 184 g/mol. The van der Waals surface area contributed by atoms with Crippen molar-refractivity contribution in [1.82, 2.24) is 15.0 Å². The number of aryl methyl sites for hydroxylation is 1. The van der Waals surface area contributed by atoms with Gasteiger partial charge in [0.2, 0.25) is 0 Å². The summed E-state index contributed by atoms with van der Waals surface area (Å²) in [7, 11) is 0. The molecule has 0 fully saturated rings. The highest BCUT2D eigenvalue weighted by Crippen LogP contribution is 2.18. The lowest BCUT2D eigenvalue weighted by atomic mass is 10.1. The average Bonchev–Trinajstić information content (AvgIpc) is 2.46. The molecule has 0 atom stereocenters. The normalized spacial score (nSPS) is 10.9. The van der Waals surface area contributed by atoms with Gasteiger partial charge in [0.1, 0.15) is 6.54 Å². The molecule has 0 aliphatic rings. The van der Waals surface area contributed by atoms with Gasteiger partial charge >= 0.3 is 5.82 Å². The van der Waals surface area contributed by atoms with E-state index in [4.69, 9.17) is 0 Å². The first kappa shape index (κ1) is 10.6. The van der Waals surface area contributed by atoms with Gasteiger partial charge in [-0.1, -0.05) is 13.8 Å². The molecule has 0 aliphatic heterocycles. The van der Waals surface area contributed by atoms with E-state index < -0.39 is 4.92 Å². The number of hydrogen-bond donors (Lipinski definition) is 0. The standard InChI is InChI=1S/C8H14N4O2/c1-4-11-8(12(13)14)7(9-10-11)5-6(2)3/h6H,4-5H2,1-3H3. The van der Waals surface area contributed by atoms with Gasteiger partial charge in [0, 0.05) is 11.6 Å². The summed E-state index contributed by atoms with van der Waals surface area (Å²) in [6.45, 7) is 6.27. The third kappa shape index (κ3) is 2.07. The SMILES string of the molecule is CCn1nnc(CC(C)C)c1[N+](=O)[O-]. The van der Waals surface area contributed by atoms with Gasteiger partial charge < -0.3 is 10.1 Å². The van der Waals surface area contributed by atoms with E-state index in [2.05, 4.69) is 10.3 Å². The summed E-state index contributed by atoms with van der Waals surface area (Å²) in [5.41, 5.74) is 0.479. The first-order valence-electron chi connectivity index (χ1n) is 4.63. The van der Waals surface area contributed by atoms with Crippen LogP contribution in [0.3, 0.4) is 0 Å².